The summed E-state index contributed by atoms with van der Waals surface area (Å²) in [7, 11) is 0. The zero-order valence-electron chi connectivity index (χ0n) is 10.6. The Labute approximate surface area is 107 Å². The third-order valence-corrected chi connectivity index (χ3v) is 3.12. The van der Waals surface area contributed by atoms with Gasteiger partial charge in [0.05, 0.1) is 24.0 Å². The summed E-state index contributed by atoms with van der Waals surface area (Å²) in [5.74, 6) is 0.572. The quantitative estimate of drug-likeness (QED) is 0.779. The molecule has 1 aliphatic heterocycles. The highest BCUT2D eigenvalue weighted by Crippen LogP contribution is 2.17. The molecule has 1 unspecified atom stereocenters. The minimum Gasteiger partial charge on any atom is -0.369 e. The molecule has 0 saturated carbocycles. The molecule has 2 rings (SSSR count). The maximum atomic E-state index is 11.1. The van der Waals surface area contributed by atoms with Crippen molar-refractivity contribution in [2.45, 2.75) is 19.9 Å². The zero-order chi connectivity index (χ0) is 13.0. The van der Waals surface area contributed by atoms with E-state index in [9.17, 15) is 4.79 Å². The Kier molecular flexibility index (Phi) is 4.09. The molecule has 6 nitrogen and oxygen atoms in total. The number of likely N-dealkylation sites (tertiary alicyclic amines) is 1. The molecule has 1 saturated heterocycles. The van der Waals surface area contributed by atoms with Crippen LogP contribution in [0.5, 0.6) is 0 Å². The molecule has 1 fully saturated rings. The number of hydrogen-bond donors (Lipinski definition) is 2. The maximum Gasteiger partial charge on any atom is 0.221 e. The van der Waals surface area contributed by atoms with Crippen LogP contribution in [0.1, 0.15) is 19.0 Å². The van der Waals surface area contributed by atoms with Gasteiger partial charge in [0, 0.05) is 19.6 Å². The number of anilines is 1. The fourth-order valence-corrected chi connectivity index (χ4v) is 2.15. The average molecular weight is 249 g/mol. The fourth-order valence-electron chi connectivity index (χ4n) is 2.15. The summed E-state index contributed by atoms with van der Waals surface area (Å²) in [4.78, 5) is 21.9. The van der Waals surface area contributed by atoms with Crippen LogP contribution in [0.3, 0.4) is 0 Å². The van der Waals surface area contributed by atoms with E-state index < -0.39 is 0 Å². The lowest BCUT2D eigenvalue weighted by molar-refractivity contribution is -0.121. The molecule has 1 atom stereocenters. The monoisotopic (exact) mass is 249 g/mol. The van der Waals surface area contributed by atoms with Crippen molar-refractivity contribution in [1.29, 1.82) is 0 Å². The summed E-state index contributed by atoms with van der Waals surface area (Å²) >= 11 is 0. The second-order valence-corrected chi connectivity index (χ2v) is 4.55. The van der Waals surface area contributed by atoms with Gasteiger partial charge < -0.3 is 11.1 Å². The van der Waals surface area contributed by atoms with Crippen molar-refractivity contribution in [2.24, 2.45) is 11.7 Å². The molecule has 0 radical (unpaired) electrons. The third-order valence-electron chi connectivity index (χ3n) is 3.12. The average Bonchev–Trinajstić information content (AvgIpc) is 2.81. The molecule has 18 heavy (non-hydrogen) atoms. The second kappa shape index (κ2) is 5.77. The second-order valence-electron chi connectivity index (χ2n) is 4.55. The van der Waals surface area contributed by atoms with Gasteiger partial charge in [-0.05, 0) is 19.9 Å². The highest BCUT2D eigenvalue weighted by Gasteiger charge is 2.26. The molecule has 3 N–H and O–H groups in total. The van der Waals surface area contributed by atoms with Crippen molar-refractivity contribution in [3.05, 3.63) is 18.1 Å². The molecule has 6 heteroatoms. The molecule has 0 aliphatic carbocycles. The lowest BCUT2D eigenvalue weighted by atomic mass is 10.1. The molecule has 0 bridgehead atoms. The van der Waals surface area contributed by atoms with Crippen molar-refractivity contribution < 1.29 is 4.79 Å². The van der Waals surface area contributed by atoms with E-state index in [1.54, 1.807) is 12.4 Å². The number of nitrogens with two attached hydrogens (primary N) is 1. The predicted molar refractivity (Wildman–Crippen MR) is 68.8 cm³/mol. The van der Waals surface area contributed by atoms with Crippen LogP contribution in [0.25, 0.3) is 0 Å². The lowest BCUT2D eigenvalue weighted by Crippen LogP contribution is -2.27. The fraction of sp³-hybridized carbons (Fsp3) is 0.583. The maximum absolute atomic E-state index is 11.1. The first kappa shape index (κ1) is 12.8. The van der Waals surface area contributed by atoms with Gasteiger partial charge in [-0.25, -0.2) is 4.98 Å². The van der Waals surface area contributed by atoms with Gasteiger partial charge in [-0.2, -0.15) is 0 Å². The highest BCUT2D eigenvalue weighted by molar-refractivity contribution is 5.77. The van der Waals surface area contributed by atoms with Crippen molar-refractivity contribution in [3.8, 4) is 0 Å². The van der Waals surface area contributed by atoms with Crippen LogP contribution in [0.2, 0.25) is 0 Å². The van der Waals surface area contributed by atoms with Crippen molar-refractivity contribution in [2.75, 3.05) is 25.0 Å². The van der Waals surface area contributed by atoms with Gasteiger partial charge in [0.15, 0.2) is 0 Å². The van der Waals surface area contributed by atoms with E-state index in [1.807, 2.05) is 6.92 Å². The van der Waals surface area contributed by atoms with Crippen LogP contribution in [0.4, 0.5) is 5.82 Å². The first-order valence-corrected chi connectivity index (χ1v) is 6.25. The number of rotatable bonds is 5. The number of nitrogens with one attached hydrogen (secondary N) is 1. The summed E-state index contributed by atoms with van der Waals surface area (Å²) in [6.45, 7) is 5.20. The van der Waals surface area contributed by atoms with E-state index in [2.05, 4.69) is 20.2 Å². The Bertz CT molecular complexity index is 405. The van der Waals surface area contributed by atoms with E-state index in [0.717, 1.165) is 44.1 Å². The van der Waals surface area contributed by atoms with E-state index >= 15 is 0 Å². The summed E-state index contributed by atoms with van der Waals surface area (Å²) < 4.78 is 0. The van der Waals surface area contributed by atoms with Gasteiger partial charge in [-0.15, -0.1) is 0 Å². The predicted octanol–water partition coefficient (Wildman–Crippen LogP) is 0.216. The van der Waals surface area contributed by atoms with Gasteiger partial charge in [-0.3, -0.25) is 14.7 Å². The number of nitrogens with zero attached hydrogens (tertiary/aromatic N) is 3. The van der Waals surface area contributed by atoms with Crippen molar-refractivity contribution in [3.63, 3.8) is 0 Å². The minimum absolute atomic E-state index is 0.0148. The van der Waals surface area contributed by atoms with E-state index in [1.165, 1.54) is 0 Å². The summed E-state index contributed by atoms with van der Waals surface area (Å²) in [6, 6.07) is 0. The Morgan fingerprint density at radius 2 is 2.39 bits per heavy atom. The molecule has 0 spiro atoms. The van der Waals surface area contributed by atoms with E-state index in [4.69, 9.17) is 5.73 Å². The van der Waals surface area contributed by atoms with Crippen LogP contribution < -0.4 is 11.1 Å². The zero-order valence-corrected chi connectivity index (χ0v) is 10.6. The molecular formula is C12H19N5O. The number of hydrogen-bond acceptors (Lipinski definition) is 5. The number of amides is 1. The standard InChI is InChI=1S/C12H19N5O/c1-2-14-11-6-15-10(5-16-11)8-17-4-3-9(7-17)12(13)18/h5-6,9H,2-4,7-8H2,1H3,(H2,13,18)(H,14,16). The van der Waals surface area contributed by atoms with Gasteiger partial charge >= 0.3 is 0 Å². The number of carbonyl (C=O) groups is 1. The largest absolute Gasteiger partial charge is 0.369 e. The molecule has 0 aromatic carbocycles. The first-order chi connectivity index (χ1) is 8.69. The smallest absolute Gasteiger partial charge is 0.221 e. The number of primary amides is 1. The minimum atomic E-state index is -0.203. The van der Waals surface area contributed by atoms with Gasteiger partial charge in [-0.1, -0.05) is 0 Å². The summed E-state index contributed by atoms with van der Waals surface area (Å²) in [6.07, 6.45) is 4.36. The molecule has 1 amide bonds. The molecule has 1 aliphatic rings. The number of carbonyl (C=O) groups excluding carboxylic acids is 1. The molecule has 98 valence electrons. The Balaban J connectivity index is 1.88. The van der Waals surface area contributed by atoms with Crippen LogP contribution in [-0.4, -0.2) is 40.4 Å². The van der Waals surface area contributed by atoms with Crippen LogP contribution in [-0.2, 0) is 11.3 Å². The Morgan fingerprint density at radius 3 is 2.94 bits per heavy atom. The molecular weight excluding hydrogens is 230 g/mol. The third kappa shape index (κ3) is 3.16. The number of aromatic nitrogens is 2. The summed E-state index contributed by atoms with van der Waals surface area (Å²) in [5, 5.41) is 3.10. The van der Waals surface area contributed by atoms with E-state index in [0.29, 0.717) is 0 Å². The van der Waals surface area contributed by atoms with E-state index in [-0.39, 0.29) is 11.8 Å². The van der Waals surface area contributed by atoms with Crippen molar-refractivity contribution >= 4 is 11.7 Å². The Hall–Kier alpha value is -1.69. The summed E-state index contributed by atoms with van der Waals surface area (Å²) in [5.41, 5.74) is 6.22. The van der Waals surface area contributed by atoms with Crippen LogP contribution >= 0.6 is 0 Å². The lowest BCUT2D eigenvalue weighted by Gasteiger charge is -2.14. The Morgan fingerprint density at radius 1 is 1.56 bits per heavy atom. The molecule has 1 aromatic rings. The molecule has 1 aromatic heterocycles. The van der Waals surface area contributed by atoms with Gasteiger partial charge in [0.25, 0.3) is 0 Å². The SMILES string of the molecule is CCNc1cnc(CN2CCC(C(N)=O)C2)cn1. The normalized spacial score (nSPS) is 19.9. The van der Waals surface area contributed by atoms with Gasteiger partial charge in [0.2, 0.25) is 5.91 Å². The van der Waals surface area contributed by atoms with Crippen LogP contribution in [0.15, 0.2) is 12.4 Å². The van der Waals surface area contributed by atoms with Crippen LogP contribution in [0, 0.1) is 5.92 Å². The topological polar surface area (TPSA) is 84.1 Å². The molecule has 2 heterocycles. The first-order valence-electron chi connectivity index (χ1n) is 6.25. The van der Waals surface area contributed by atoms with Crippen molar-refractivity contribution in [1.82, 2.24) is 14.9 Å². The van der Waals surface area contributed by atoms with Gasteiger partial charge in [0.1, 0.15) is 5.82 Å². The highest BCUT2D eigenvalue weighted by atomic mass is 16.1.